The number of hydrogen-bond donors (Lipinski definition) is 1. The second kappa shape index (κ2) is 3.91. The summed E-state index contributed by atoms with van der Waals surface area (Å²) in [5, 5.41) is 8.33. The number of alkyl halides is 1. The highest BCUT2D eigenvalue weighted by atomic mass is 35.5. The number of allylic oxidation sites excluding steroid dienone is 2. The lowest BCUT2D eigenvalue weighted by atomic mass is 10.2. The molecule has 0 bridgehead atoms. The summed E-state index contributed by atoms with van der Waals surface area (Å²) in [4.78, 5) is 10.7. The van der Waals surface area contributed by atoms with Gasteiger partial charge in [-0.3, -0.25) is 4.79 Å². The van der Waals surface area contributed by atoms with Crippen molar-refractivity contribution in [3.8, 4) is 6.07 Å². The molecule has 0 amide bonds. The molecule has 0 aromatic carbocycles. The van der Waals surface area contributed by atoms with Gasteiger partial charge in [-0.15, -0.1) is 11.6 Å². The molecule has 0 aliphatic rings. The number of carbonyl (C=O) groups is 1. The summed E-state index contributed by atoms with van der Waals surface area (Å²) in [5.41, 5.74) is 5.37. The van der Waals surface area contributed by atoms with Crippen LogP contribution in [-0.2, 0) is 4.79 Å². The van der Waals surface area contributed by atoms with Crippen molar-refractivity contribution in [1.29, 1.82) is 5.26 Å². The number of hydrogen-bond acceptors (Lipinski definition) is 3. The third kappa shape index (κ3) is 2.08. The minimum absolute atomic E-state index is 0.0463. The minimum Gasteiger partial charge on any atom is -0.401 e. The highest BCUT2D eigenvalue weighted by Crippen LogP contribution is 1.99. The van der Waals surface area contributed by atoms with Gasteiger partial charge in [0, 0.05) is 5.70 Å². The smallest absolute Gasteiger partial charge is 0.189 e. The number of Topliss-reactive ketones (excluding diaryl/α,β-unsaturated/α-hetero) is 1. The molecule has 0 aliphatic carbocycles. The molecule has 2 N–H and O–H groups in total. The first-order valence-electron chi connectivity index (χ1n) is 2.59. The number of halogens is 1. The zero-order chi connectivity index (χ0) is 8.15. The molecule has 0 atom stereocenters. The SMILES string of the molecule is CC(N)=C(C#N)C(=O)CCl. The third-order valence-corrected chi connectivity index (χ3v) is 1.15. The first kappa shape index (κ1) is 8.99. The minimum atomic E-state index is -0.427. The first-order valence-corrected chi connectivity index (χ1v) is 3.12. The van der Waals surface area contributed by atoms with Crippen LogP contribution in [0, 0.1) is 11.3 Å². The van der Waals surface area contributed by atoms with Crippen LogP contribution in [0.1, 0.15) is 6.92 Å². The van der Waals surface area contributed by atoms with Gasteiger partial charge >= 0.3 is 0 Å². The summed E-state index contributed by atoms with van der Waals surface area (Å²) < 4.78 is 0. The molecule has 0 heterocycles. The standard InChI is InChI=1S/C6H7ClN2O/c1-4(9)5(3-8)6(10)2-7/h2,9H2,1H3. The van der Waals surface area contributed by atoms with Crippen LogP contribution in [0.15, 0.2) is 11.3 Å². The monoisotopic (exact) mass is 158 g/mol. The van der Waals surface area contributed by atoms with E-state index in [0.29, 0.717) is 0 Å². The van der Waals surface area contributed by atoms with Gasteiger partial charge in [-0.2, -0.15) is 5.26 Å². The predicted octanol–water partition coefficient (Wildman–Crippen LogP) is 0.551. The Labute approximate surface area is 64.1 Å². The summed E-state index contributed by atoms with van der Waals surface area (Å²) >= 11 is 5.18. The van der Waals surface area contributed by atoms with E-state index in [9.17, 15) is 4.79 Å². The number of nitrogens with two attached hydrogens (primary N) is 1. The average molecular weight is 159 g/mol. The summed E-state index contributed by atoms with van der Waals surface area (Å²) in [7, 11) is 0. The van der Waals surface area contributed by atoms with Crippen molar-refractivity contribution >= 4 is 17.4 Å². The molecular formula is C6H7ClN2O. The fraction of sp³-hybridized carbons (Fsp3) is 0.333. The molecule has 0 unspecified atom stereocenters. The molecule has 0 saturated carbocycles. The van der Waals surface area contributed by atoms with Gasteiger partial charge in [0.05, 0.1) is 5.88 Å². The number of nitriles is 1. The molecule has 10 heavy (non-hydrogen) atoms. The molecule has 0 radical (unpaired) electrons. The number of ketones is 1. The van der Waals surface area contributed by atoms with E-state index >= 15 is 0 Å². The van der Waals surface area contributed by atoms with Crippen molar-refractivity contribution in [2.24, 2.45) is 5.73 Å². The van der Waals surface area contributed by atoms with Crippen LogP contribution in [0.5, 0.6) is 0 Å². The topological polar surface area (TPSA) is 66.9 Å². The van der Waals surface area contributed by atoms with Crippen molar-refractivity contribution in [3.05, 3.63) is 11.3 Å². The van der Waals surface area contributed by atoms with Crippen molar-refractivity contribution in [1.82, 2.24) is 0 Å². The molecule has 0 aromatic heterocycles. The van der Waals surface area contributed by atoms with Crippen LogP contribution < -0.4 is 5.73 Å². The van der Waals surface area contributed by atoms with E-state index in [2.05, 4.69) is 0 Å². The summed E-state index contributed by atoms with van der Waals surface area (Å²) in [6.07, 6.45) is 0. The highest BCUT2D eigenvalue weighted by Gasteiger charge is 2.08. The van der Waals surface area contributed by atoms with Gasteiger partial charge in [0.2, 0.25) is 0 Å². The maximum Gasteiger partial charge on any atom is 0.189 e. The van der Waals surface area contributed by atoms with Gasteiger partial charge in [0.25, 0.3) is 0 Å². The summed E-state index contributed by atoms with van der Waals surface area (Å²) in [6, 6.07) is 1.67. The van der Waals surface area contributed by atoms with Gasteiger partial charge < -0.3 is 5.73 Å². The lowest BCUT2D eigenvalue weighted by Crippen LogP contribution is -2.08. The van der Waals surface area contributed by atoms with Gasteiger partial charge in [-0.25, -0.2) is 0 Å². The van der Waals surface area contributed by atoms with Crippen LogP contribution in [-0.4, -0.2) is 11.7 Å². The number of nitrogens with zero attached hydrogens (tertiary/aromatic N) is 1. The Morgan fingerprint density at radius 2 is 2.30 bits per heavy atom. The Morgan fingerprint density at radius 3 is 2.40 bits per heavy atom. The van der Waals surface area contributed by atoms with E-state index in [1.807, 2.05) is 0 Å². The molecule has 0 aliphatic heterocycles. The zero-order valence-corrected chi connectivity index (χ0v) is 6.27. The van der Waals surface area contributed by atoms with Crippen LogP contribution in [0.4, 0.5) is 0 Å². The number of carbonyl (C=O) groups excluding carboxylic acids is 1. The Bertz CT molecular complexity index is 210. The van der Waals surface area contributed by atoms with Gasteiger partial charge in [0.15, 0.2) is 5.78 Å². The van der Waals surface area contributed by atoms with E-state index < -0.39 is 5.78 Å². The molecule has 0 rings (SSSR count). The van der Waals surface area contributed by atoms with E-state index in [1.54, 1.807) is 6.07 Å². The maximum atomic E-state index is 10.7. The van der Waals surface area contributed by atoms with E-state index in [4.69, 9.17) is 22.6 Å². The van der Waals surface area contributed by atoms with E-state index in [1.165, 1.54) is 6.92 Å². The van der Waals surface area contributed by atoms with Gasteiger partial charge in [-0.05, 0) is 6.92 Å². The van der Waals surface area contributed by atoms with Crippen molar-refractivity contribution in [3.63, 3.8) is 0 Å². The Kier molecular flexibility index (Phi) is 3.52. The fourth-order valence-electron chi connectivity index (χ4n) is 0.437. The zero-order valence-electron chi connectivity index (χ0n) is 5.52. The van der Waals surface area contributed by atoms with Crippen LogP contribution in [0.25, 0.3) is 0 Å². The molecule has 0 aromatic rings. The average Bonchev–Trinajstić information content (AvgIpc) is 1.88. The van der Waals surface area contributed by atoms with Gasteiger partial charge in [0.1, 0.15) is 11.6 Å². The van der Waals surface area contributed by atoms with Crippen LogP contribution >= 0.6 is 11.6 Å². The quantitative estimate of drug-likeness (QED) is 0.363. The highest BCUT2D eigenvalue weighted by molar-refractivity contribution is 6.31. The van der Waals surface area contributed by atoms with Crippen LogP contribution in [0.3, 0.4) is 0 Å². The fourth-order valence-corrected chi connectivity index (χ4v) is 0.571. The lowest BCUT2D eigenvalue weighted by molar-refractivity contribution is -0.113. The lowest BCUT2D eigenvalue weighted by Gasteiger charge is -1.93. The van der Waals surface area contributed by atoms with Crippen molar-refractivity contribution in [2.45, 2.75) is 6.92 Å². The Balaban J connectivity index is 4.59. The number of rotatable bonds is 2. The third-order valence-electron chi connectivity index (χ3n) is 0.906. The molecular weight excluding hydrogens is 152 g/mol. The van der Waals surface area contributed by atoms with Crippen LogP contribution in [0.2, 0.25) is 0 Å². The molecule has 0 spiro atoms. The largest absolute Gasteiger partial charge is 0.401 e. The van der Waals surface area contributed by atoms with E-state index in [-0.39, 0.29) is 17.2 Å². The molecule has 54 valence electrons. The normalized spacial score (nSPS) is 11.7. The van der Waals surface area contributed by atoms with E-state index in [0.717, 1.165) is 0 Å². The first-order chi connectivity index (χ1) is 4.63. The van der Waals surface area contributed by atoms with Crippen molar-refractivity contribution in [2.75, 3.05) is 5.88 Å². The molecule has 4 heteroatoms. The van der Waals surface area contributed by atoms with Gasteiger partial charge in [-0.1, -0.05) is 0 Å². The summed E-state index contributed by atoms with van der Waals surface area (Å²) in [6.45, 7) is 1.49. The summed E-state index contributed by atoms with van der Waals surface area (Å²) in [5.74, 6) is -0.624. The molecule has 0 fully saturated rings. The second-order valence-corrected chi connectivity index (χ2v) is 1.99. The van der Waals surface area contributed by atoms with Crippen molar-refractivity contribution < 1.29 is 4.79 Å². The molecule has 0 saturated heterocycles. The Morgan fingerprint density at radius 1 is 1.80 bits per heavy atom. The molecule has 3 nitrogen and oxygen atoms in total. The predicted molar refractivity (Wildman–Crippen MR) is 38.2 cm³/mol. The Hall–Kier alpha value is -1.01. The second-order valence-electron chi connectivity index (χ2n) is 1.73. The maximum absolute atomic E-state index is 10.7.